The Labute approximate surface area is 172 Å². The third-order valence-corrected chi connectivity index (χ3v) is 5.52. The Bertz CT molecular complexity index is 1200. The molecule has 2 aromatic carbocycles. The van der Waals surface area contributed by atoms with Gasteiger partial charge in [0.25, 0.3) is 11.5 Å². The molecule has 0 bridgehead atoms. The van der Waals surface area contributed by atoms with Gasteiger partial charge in [-0.2, -0.15) is 0 Å². The number of aromatic amines is 1. The quantitative estimate of drug-likeness (QED) is 0.718. The zero-order valence-electron chi connectivity index (χ0n) is 16.7. The summed E-state index contributed by atoms with van der Waals surface area (Å²) in [6.07, 6.45) is 0.786. The van der Waals surface area contributed by atoms with Crippen LogP contribution >= 0.6 is 0 Å². The highest BCUT2D eigenvalue weighted by Gasteiger charge is 2.21. The van der Waals surface area contributed by atoms with Crippen LogP contribution in [0.15, 0.2) is 52.1 Å². The van der Waals surface area contributed by atoms with Crippen LogP contribution in [0.2, 0.25) is 0 Å². The minimum atomic E-state index is -0.482. The monoisotopic (exact) mass is 410 g/mol. The minimum absolute atomic E-state index is 0.140. The Hall–Kier alpha value is -3.42. The highest BCUT2D eigenvalue weighted by Crippen LogP contribution is 2.18. The van der Waals surface area contributed by atoms with Crippen molar-refractivity contribution in [3.8, 4) is 0 Å². The van der Waals surface area contributed by atoms with Gasteiger partial charge in [0.1, 0.15) is 5.82 Å². The molecule has 1 saturated heterocycles. The normalized spacial score (nSPS) is 14.7. The standard InChI is InChI=1S/C22H23FN4O3/c1-2-27-21(29)18-9-4-15(14-19(18)24-22(27)30)20(28)26-11-3-10-25(12-13-26)17-7-5-16(23)6-8-17/h4-9,14H,2-3,10-13H2,1H3,(H,24,30). The number of aromatic nitrogens is 2. The van der Waals surface area contributed by atoms with Crippen LogP contribution in [0, 0.1) is 5.82 Å². The summed E-state index contributed by atoms with van der Waals surface area (Å²) < 4.78 is 14.3. The van der Waals surface area contributed by atoms with Crippen molar-refractivity contribution < 1.29 is 9.18 Å². The number of amides is 1. The molecule has 1 N–H and O–H groups in total. The number of carbonyl (C=O) groups is 1. The summed E-state index contributed by atoms with van der Waals surface area (Å²) in [5.41, 5.74) is 0.885. The van der Waals surface area contributed by atoms with E-state index in [1.165, 1.54) is 12.1 Å². The number of benzene rings is 2. The predicted octanol–water partition coefficient (Wildman–Crippen LogP) is 2.20. The third kappa shape index (κ3) is 3.72. The fourth-order valence-corrected chi connectivity index (χ4v) is 3.89. The van der Waals surface area contributed by atoms with Crippen molar-refractivity contribution in [2.45, 2.75) is 19.9 Å². The van der Waals surface area contributed by atoms with Gasteiger partial charge in [0.05, 0.1) is 10.9 Å². The second-order valence-corrected chi connectivity index (χ2v) is 7.35. The van der Waals surface area contributed by atoms with Gasteiger partial charge in [-0.05, 0) is 55.8 Å². The number of nitrogens with one attached hydrogen (secondary N) is 1. The van der Waals surface area contributed by atoms with E-state index in [1.807, 2.05) is 0 Å². The van der Waals surface area contributed by atoms with Crippen LogP contribution in [-0.4, -0.2) is 46.5 Å². The highest BCUT2D eigenvalue weighted by atomic mass is 19.1. The number of halogens is 1. The van der Waals surface area contributed by atoms with E-state index in [0.717, 1.165) is 23.2 Å². The van der Waals surface area contributed by atoms with E-state index in [-0.39, 0.29) is 23.8 Å². The van der Waals surface area contributed by atoms with Gasteiger partial charge in [-0.3, -0.25) is 14.2 Å². The molecule has 4 rings (SSSR count). The molecule has 0 radical (unpaired) electrons. The first-order valence-electron chi connectivity index (χ1n) is 10.0. The van der Waals surface area contributed by atoms with Crippen molar-refractivity contribution in [1.82, 2.24) is 14.5 Å². The number of hydrogen-bond donors (Lipinski definition) is 1. The van der Waals surface area contributed by atoms with Crippen LogP contribution in [-0.2, 0) is 6.54 Å². The maximum atomic E-state index is 13.2. The molecule has 0 saturated carbocycles. The summed E-state index contributed by atoms with van der Waals surface area (Å²) in [7, 11) is 0. The van der Waals surface area contributed by atoms with Gasteiger partial charge in [0.2, 0.25) is 0 Å². The van der Waals surface area contributed by atoms with Crippen LogP contribution in [0.1, 0.15) is 23.7 Å². The van der Waals surface area contributed by atoms with E-state index < -0.39 is 5.69 Å². The number of anilines is 1. The Morgan fingerprint density at radius 3 is 2.53 bits per heavy atom. The van der Waals surface area contributed by atoms with E-state index in [2.05, 4.69) is 9.88 Å². The van der Waals surface area contributed by atoms with E-state index in [9.17, 15) is 18.8 Å². The highest BCUT2D eigenvalue weighted by molar-refractivity contribution is 5.97. The topological polar surface area (TPSA) is 78.4 Å². The van der Waals surface area contributed by atoms with E-state index in [1.54, 1.807) is 42.2 Å². The first kappa shape index (κ1) is 19.9. The van der Waals surface area contributed by atoms with Crippen molar-refractivity contribution in [2.75, 3.05) is 31.1 Å². The summed E-state index contributed by atoms with van der Waals surface area (Å²) in [6.45, 7) is 4.56. The molecule has 30 heavy (non-hydrogen) atoms. The zero-order valence-corrected chi connectivity index (χ0v) is 16.7. The Morgan fingerprint density at radius 2 is 1.80 bits per heavy atom. The van der Waals surface area contributed by atoms with Crippen LogP contribution < -0.4 is 16.1 Å². The van der Waals surface area contributed by atoms with Crippen molar-refractivity contribution >= 4 is 22.5 Å². The fraction of sp³-hybridized carbons (Fsp3) is 0.318. The van der Waals surface area contributed by atoms with Crippen molar-refractivity contribution in [3.05, 3.63) is 74.7 Å². The van der Waals surface area contributed by atoms with Crippen molar-refractivity contribution in [1.29, 1.82) is 0 Å². The van der Waals surface area contributed by atoms with Gasteiger partial charge in [-0.1, -0.05) is 0 Å². The lowest BCUT2D eigenvalue weighted by Gasteiger charge is -2.24. The predicted molar refractivity (Wildman–Crippen MR) is 114 cm³/mol. The maximum Gasteiger partial charge on any atom is 0.328 e. The Morgan fingerprint density at radius 1 is 1.03 bits per heavy atom. The van der Waals surface area contributed by atoms with E-state index in [0.29, 0.717) is 36.1 Å². The summed E-state index contributed by atoms with van der Waals surface area (Å²) in [5, 5.41) is 0.381. The zero-order chi connectivity index (χ0) is 21.3. The van der Waals surface area contributed by atoms with Gasteiger partial charge in [0, 0.05) is 44.0 Å². The molecule has 1 fully saturated rings. The van der Waals surface area contributed by atoms with Gasteiger partial charge < -0.3 is 14.8 Å². The number of fused-ring (bicyclic) bond motifs is 1. The van der Waals surface area contributed by atoms with Crippen LogP contribution in [0.25, 0.3) is 10.9 Å². The number of rotatable bonds is 3. The summed E-state index contributed by atoms with van der Waals surface area (Å²) in [5.74, 6) is -0.413. The van der Waals surface area contributed by atoms with Gasteiger partial charge >= 0.3 is 5.69 Å². The third-order valence-electron chi connectivity index (χ3n) is 5.52. The summed E-state index contributed by atoms with van der Waals surface area (Å²) >= 11 is 0. The first-order chi connectivity index (χ1) is 14.5. The van der Waals surface area contributed by atoms with Crippen LogP contribution in [0.5, 0.6) is 0 Å². The maximum absolute atomic E-state index is 13.2. The second kappa shape index (κ2) is 8.14. The molecule has 7 nitrogen and oxygen atoms in total. The number of nitrogens with zero attached hydrogens (tertiary/aromatic N) is 3. The molecule has 1 amide bonds. The minimum Gasteiger partial charge on any atom is -0.370 e. The number of carbonyl (C=O) groups excluding carboxylic acids is 1. The fourth-order valence-electron chi connectivity index (χ4n) is 3.89. The lowest BCUT2D eigenvalue weighted by molar-refractivity contribution is 0.0767. The van der Waals surface area contributed by atoms with Crippen LogP contribution in [0.4, 0.5) is 10.1 Å². The van der Waals surface area contributed by atoms with E-state index >= 15 is 0 Å². The van der Waals surface area contributed by atoms with E-state index in [4.69, 9.17) is 0 Å². The molecular weight excluding hydrogens is 387 g/mol. The van der Waals surface area contributed by atoms with Crippen molar-refractivity contribution in [3.63, 3.8) is 0 Å². The molecule has 1 aliphatic rings. The van der Waals surface area contributed by atoms with Crippen molar-refractivity contribution in [2.24, 2.45) is 0 Å². The Balaban J connectivity index is 1.55. The average molecular weight is 410 g/mol. The first-order valence-corrected chi connectivity index (χ1v) is 10.0. The number of hydrogen-bond acceptors (Lipinski definition) is 4. The lowest BCUT2D eigenvalue weighted by Crippen LogP contribution is -2.36. The molecule has 1 aliphatic heterocycles. The second-order valence-electron chi connectivity index (χ2n) is 7.35. The summed E-state index contributed by atoms with van der Waals surface area (Å²) in [6, 6.07) is 11.2. The molecule has 1 aromatic heterocycles. The largest absolute Gasteiger partial charge is 0.370 e. The smallest absolute Gasteiger partial charge is 0.328 e. The Kier molecular flexibility index (Phi) is 5.39. The SMILES string of the molecule is CCn1c(=O)[nH]c2cc(C(=O)N3CCCN(c4ccc(F)cc4)CC3)ccc2c1=O. The molecule has 156 valence electrons. The molecular formula is C22H23FN4O3. The summed E-state index contributed by atoms with van der Waals surface area (Å²) in [4.78, 5) is 44.2. The molecule has 3 aromatic rings. The molecule has 8 heteroatoms. The van der Waals surface area contributed by atoms with Gasteiger partial charge in [-0.25, -0.2) is 9.18 Å². The van der Waals surface area contributed by atoms with Crippen LogP contribution in [0.3, 0.4) is 0 Å². The molecule has 0 aliphatic carbocycles. The molecule has 0 unspecified atom stereocenters. The molecule has 0 atom stereocenters. The van der Waals surface area contributed by atoms with Gasteiger partial charge in [0.15, 0.2) is 0 Å². The van der Waals surface area contributed by atoms with Gasteiger partial charge in [-0.15, -0.1) is 0 Å². The molecule has 0 spiro atoms. The number of H-pyrrole nitrogens is 1. The average Bonchev–Trinajstić information content (AvgIpc) is 3.00. The lowest BCUT2D eigenvalue weighted by atomic mass is 10.1. The molecule has 2 heterocycles.